The van der Waals surface area contributed by atoms with Gasteiger partial charge in [0.2, 0.25) is 0 Å². The van der Waals surface area contributed by atoms with Crippen LogP contribution in [-0.2, 0) is 0 Å². The fourth-order valence-electron chi connectivity index (χ4n) is 2.64. The molecule has 98 valence electrons. The van der Waals surface area contributed by atoms with Crippen molar-refractivity contribution in [1.82, 2.24) is 9.97 Å². The summed E-state index contributed by atoms with van der Waals surface area (Å²) in [5, 5.41) is 0. The molecule has 0 bridgehead atoms. The lowest BCUT2D eigenvalue weighted by Crippen LogP contribution is -2.03. The zero-order chi connectivity index (χ0) is 13.2. The summed E-state index contributed by atoms with van der Waals surface area (Å²) in [6.07, 6.45) is 5.02. The first-order valence-corrected chi connectivity index (χ1v) is 7.42. The third-order valence-electron chi connectivity index (χ3n) is 3.64. The summed E-state index contributed by atoms with van der Waals surface area (Å²) in [6, 6.07) is 9.95. The minimum atomic E-state index is 0.555. The number of nitrogens with two attached hydrogens (primary N) is 1. The molecule has 1 aromatic carbocycles. The Morgan fingerprint density at radius 1 is 1.05 bits per heavy atom. The maximum absolute atomic E-state index is 5.93. The van der Waals surface area contributed by atoms with Crippen LogP contribution in [0.5, 0.6) is 0 Å². The van der Waals surface area contributed by atoms with Gasteiger partial charge in [0.25, 0.3) is 0 Å². The number of hydrogen-bond acceptors (Lipinski definition) is 3. The lowest BCUT2D eigenvalue weighted by atomic mass is 10.0. The van der Waals surface area contributed by atoms with Gasteiger partial charge in [-0.15, -0.1) is 0 Å². The van der Waals surface area contributed by atoms with Crippen molar-refractivity contribution in [2.24, 2.45) is 0 Å². The van der Waals surface area contributed by atoms with Crippen LogP contribution in [-0.4, -0.2) is 9.97 Å². The van der Waals surface area contributed by atoms with Crippen LogP contribution in [0.2, 0.25) is 0 Å². The molecule has 3 rings (SSSR count). The highest BCUT2D eigenvalue weighted by molar-refractivity contribution is 9.10. The molecule has 0 spiro atoms. The maximum Gasteiger partial charge on any atom is 0.161 e. The van der Waals surface area contributed by atoms with E-state index in [-0.39, 0.29) is 0 Å². The summed E-state index contributed by atoms with van der Waals surface area (Å²) < 4.78 is 1.05. The minimum Gasteiger partial charge on any atom is -0.384 e. The standard InChI is InChI=1S/C15H16BrN3/c16-12-7-5-11(6-8-12)15-18-13(9-14(17)19-15)10-3-1-2-4-10/h5-10H,1-4H2,(H2,17,18,19). The lowest BCUT2D eigenvalue weighted by Gasteiger charge is -2.11. The van der Waals surface area contributed by atoms with Gasteiger partial charge in [-0.05, 0) is 25.0 Å². The van der Waals surface area contributed by atoms with Crippen LogP contribution in [0.25, 0.3) is 11.4 Å². The normalized spacial score (nSPS) is 15.8. The number of hydrogen-bond donors (Lipinski definition) is 1. The highest BCUT2D eigenvalue weighted by Gasteiger charge is 2.19. The van der Waals surface area contributed by atoms with Gasteiger partial charge in [-0.2, -0.15) is 0 Å². The topological polar surface area (TPSA) is 51.8 Å². The fraction of sp³-hybridized carbons (Fsp3) is 0.333. The van der Waals surface area contributed by atoms with E-state index in [9.17, 15) is 0 Å². The van der Waals surface area contributed by atoms with Gasteiger partial charge in [-0.25, -0.2) is 9.97 Å². The van der Waals surface area contributed by atoms with Crippen molar-refractivity contribution < 1.29 is 0 Å². The Kier molecular flexibility index (Phi) is 3.51. The second kappa shape index (κ2) is 5.29. The van der Waals surface area contributed by atoms with Crippen LogP contribution in [0.4, 0.5) is 5.82 Å². The SMILES string of the molecule is Nc1cc(C2CCCC2)nc(-c2ccc(Br)cc2)n1. The van der Waals surface area contributed by atoms with Gasteiger partial charge in [-0.1, -0.05) is 40.9 Å². The van der Waals surface area contributed by atoms with Gasteiger partial charge in [0.1, 0.15) is 5.82 Å². The summed E-state index contributed by atoms with van der Waals surface area (Å²) >= 11 is 3.44. The first kappa shape index (κ1) is 12.6. The molecule has 19 heavy (non-hydrogen) atoms. The molecule has 2 aromatic rings. The number of nitrogen functional groups attached to an aromatic ring is 1. The molecule has 0 aliphatic heterocycles. The molecule has 1 aromatic heterocycles. The van der Waals surface area contributed by atoms with Crippen molar-refractivity contribution in [2.75, 3.05) is 5.73 Å². The van der Waals surface area contributed by atoms with Crippen LogP contribution in [0, 0.1) is 0 Å². The van der Waals surface area contributed by atoms with Gasteiger partial charge in [0.15, 0.2) is 5.82 Å². The van der Waals surface area contributed by atoms with Crippen molar-refractivity contribution in [3.8, 4) is 11.4 Å². The molecule has 0 radical (unpaired) electrons. The summed E-state index contributed by atoms with van der Waals surface area (Å²) in [4.78, 5) is 9.07. The number of aromatic nitrogens is 2. The summed E-state index contributed by atoms with van der Waals surface area (Å²) in [6.45, 7) is 0. The van der Waals surface area contributed by atoms with Crippen LogP contribution in [0.15, 0.2) is 34.8 Å². The van der Waals surface area contributed by atoms with E-state index in [4.69, 9.17) is 10.7 Å². The van der Waals surface area contributed by atoms with Gasteiger partial charge in [0.05, 0.1) is 0 Å². The summed E-state index contributed by atoms with van der Waals surface area (Å²) in [7, 11) is 0. The molecule has 1 aliphatic rings. The minimum absolute atomic E-state index is 0.555. The van der Waals surface area contributed by atoms with Crippen molar-refractivity contribution in [2.45, 2.75) is 31.6 Å². The maximum atomic E-state index is 5.93. The van der Waals surface area contributed by atoms with E-state index in [0.717, 1.165) is 21.6 Å². The van der Waals surface area contributed by atoms with Crippen LogP contribution in [0.3, 0.4) is 0 Å². The number of rotatable bonds is 2. The number of benzene rings is 1. The Bertz CT molecular complexity index is 574. The molecule has 4 heteroatoms. The second-order valence-corrected chi connectivity index (χ2v) is 5.95. The zero-order valence-corrected chi connectivity index (χ0v) is 12.2. The molecule has 3 nitrogen and oxygen atoms in total. The summed E-state index contributed by atoms with van der Waals surface area (Å²) in [5.74, 6) is 1.85. The molecule has 0 atom stereocenters. The van der Waals surface area contributed by atoms with E-state index in [1.807, 2.05) is 30.3 Å². The largest absolute Gasteiger partial charge is 0.384 e. The predicted octanol–water partition coefficient (Wildman–Crippen LogP) is 4.15. The fourth-order valence-corrected chi connectivity index (χ4v) is 2.91. The Labute approximate surface area is 121 Å². The van der Waals surface area contributed by atoms with E-state index in [1.165, 1.54) is 25.7 Å². The Balaban J connectivity index is 1.99. The predicted molar refractivity (Wildman–Crippen MR) is 80.8 cm³/mol. The van der Waals surface area contributed by atoms with Crippen LogP contribution < -0.4 is 5.73 Å². The Morgan fingerprint density at radius 2 is 1.74 bits per heavy atom. The molecule has 0 amide bonds. The highest BCUT2D eigenvalue weighted by Crippen LogP contribution is 2.34. The molecule has 1 aliphatic carbocycles. The molecule has 2 N–H and O–H groups in total. The number of nitrogens with zero attached hydrogens (tertiary/aromatic N) is 2. The van der Waals surface area contributed by atoms with Crippen molar-refractivity contribution >= 4 is 21.7 Å². The Hall–Kier alpha value is -1.42. The van der Waals surface area contributed by atoms with E-state index >= 15 is 0 Å². The van der Waals surface area contributed by atoms with Gasteiger partial charge in [-0.3, -0.25) is 0 Å². The first-order valence-electron chi connectivity index (χ1n) is 6.63. The van der Waals surface area contributed by atoms with Crippen LogP contribution in [0.1, 0.15) is 37.3 Å². The van der Waals surface area contributed by atoms with Gasteiger partial charge < -0.3 is 5.73 Å². The van der Waals surface area contributed by atoms with Gasteiger partial charge >= 0.3 is 0 Å². The molecular weight excluding hydrogens is 302 g/mol. The van der Waals surface area contributed by atoms with E-state index in [1.54, 1.807) is 0 Å². The highest BCUT2D eigenvalue weighted by atomic mass is 79.9. The van der Waals surface area contributed by atoms with Crippen molar-refractivity contribution in [1.29, 1.82) is 0 Å². The number of anilines is 1. The average molecular weight is 318 g/mol. The van der Waals surface area contributed by atoms with E-state index < -0.39 is 0 Å². The third kappa shape index (κ3) is 2.78. The zero-order valence-electron chi connectivity index (χ0n) is 10.6. The third-order valence-corrected chi connectivity index (χ3v) is 4.17. The van der Waals surface area contributed by atoms with E-state index in [0.29, 0.717) is 11.7 Å². The molecule has 1 heterocycles. The molecule has 1 saturated carbocycles. The summed E-state index contributed by atoms with van der Waals surface area (Å²) in [5.41, 5.74) is 8.04. The van der Waals surface area contributed by atoms with Crippen molar-refractivity contribution in [3.05, 3.63) is 40.5 Å². The smallest absolute Gasteiger partial charge is 0.161 e. The van der Waals surface area contributed by atoms with Crippen molar-refractivity contribution in [3.63, 3.8) is 0 Å². The van der Waals surface area contributed by atoms with E-state index in [2.05, 4.69) is 20.9 Å². The number of halogens is 1. The quantitative estimate of drug-likeness (QED) is 0.905. The lowest BCUT2D eigenvalue weighted by molar-refractivity contribution is 0.696. The average Bonchev–Trinajstić information content (AvgIpc) is 2.93. The molecule has 0 unspecified atom stereocenters. The monoisotopic (exact) mass is 317 g/mol. The first-order chi connectivity index (χ1) is 9.22. The van der Waals surface area contributed by atoms with Crippen LogP contribution >= 0.6 is 15.9 Å². The molecular formula is C15H16BrN3. The van der Waals surface area contributed by atoms with Gasteiger partial charge in [0, 0.05) is 27.7 Å². The Morgan fingerprint density at radius 3 is 2.42 bits per heavy atom. The molecule has 1 fully saturated rings. The molecule has 0 saturated heterocycles. The second-order valence-electron chi connectivity index (χ2n) is 5.03.